The highest BCUT2D eigenvalue weighted by atomic mass is 32.2. The second-order valence-electron chi connectivity index (χ2n) is 7.68. The van der Waals surface area contributed by atoms with Crippen LogP contribution in [0.5, 0.6) is 5.88 Å². The van der Waals surface area contributed by atoms with E-state index >= 15 is 0 Å². The molecule has 0 radical (unpaired) electrons. The largest absolute Gasteiger partial charge is 0.471 e. The van der Waals surface area contributed by atoms with Crippen molar-refractivity contribution in [1.29, 1.82) is 0 Å². The van der Waals surface area contributed by atoms with Crippen molar-refractivity contribution in [2.45, 2.75) is 37.7 Å². The van der Waals surface area contributed by atoms with Crippen LogP contribution in [-0.4, -0.2) is 24.3 Å². The molecule has 1 aromatic carbocycles. The van der Waals surface area contributed by atoms with Crippen LogP contribution in [0.15, 0.2) is 71.9 Å². The lowest BCUT2D eigenvalue weighted by Gasteiger charge is -2.20. The Bertz CT molecular complexity index is 1130. The molecule has 30 heavy (non-hydrogen) atoms. The lowest BCUT2D eigenvalue weighted by molar-refractivity contribution is 0.0975. The van der Waals surface area contributed by atoms with Gasteiger partial charge in [-0.05, 0) is 41.3 Å². The molecule has 0 aliphatic carbocycles. The highest BCUT2D eigenvalue weighted by Gasteiger charge is 2.25. The molecule has 3 rings (SSSR count). The van der Waals surface area contributed by atoms with Gasteiger partial charge >= 0.3 is 0 Å². The van der Waals surface area contributed by atoms with Gasteiger partial charge in [0.25, 0.3) is 15.9 Å². The van der Waals surface area contributed by atoms with Crippen LogP contribution >= 0.6 is 0 Å². The summed E-state index contributed by atoms with van der Waals surface area (Å²) >= 11 is 0. The summed E-state index contributed by atoms with van der Waals surface area (Å²) in [5, 5.41) is 0. The van der Waals surface area contributed by atoms with Crippen molar-refractivity contribution in [3.63, 3.8) is 0 Å². The third kappa shape index (κ3) is 5.21. The topological polar surface area (TPSA) is 98.2 Å². The first-order chi connectivity index (χ1) is 14.2. The number of nitrogens with zero attached hydrogens (tertiary/aromatic N) is 2. The van der Waals surface area contributed by atoms with Gasteiger partial charge in [0.15, 0.2) is 0 Å². The van der Waals surface area contributed by atoms with Crippen LogP contribution in [0.3, 0.4) is 0 Å². The number of nitrogens with one attached hydrogen (secondary N) is 1. The number of ether oxygens (including phenoxy) is 1. The predicted molar refractivity (Wildman–Crippen MR) is 113 cm³/mol. The Labute approximate surface area is 176 Å². The molecular formula is C22H23N3O4S. The highest BCUT2D eigenvalue weighted by Crippen LogP contribution is 2.27. The second-order valence-corrected chi connectivity index (χ2v) is 9.37. The van der Waals surface area contributed by atoms with Gasteiger partial charge in [0.2, 0.25) is 5.88 Å². The number of amides is 1. The van der Waals surface area contributed by atoms with Gasteiger partial charge in [-0.15, -0.1) is 0 Å². The first-order valence-corrected chi connectivity index (χ1v) is 10.8. The summed E-state index contributed by atoms with van der Waals surface area (Å²) in [4.78, 5) is 21.4. The summed E-state index contributed by atoms with van der Waals surface area (Å²) in [5.74, 6) is -0.775. The van der Waals surface area contributed by atoms with Gasteiger partial charge in [-0.25, -0.2) is 18.1 Å². The Morgan fingerprint density at radius 2 is 1.73 bits per heavy atom. The summed E-state index contributed by atoms with van der Waals surface area (Å²) in [6, 6.07) is 14.7. The van der Waals surface area contributed by atoms with E-state index in [0.29, 0.717) is 5.69 Å². The van der Waals surface area contributed by atoms with E-state index in [4.69, 9.17) is 4.74 Å². The molecule has 156 valence electrons. The van der Waals surface area contributed by atoms with Gasteiger partial charge in [-0.2, -0.15) is 0 Å². The number of sulfonamides is 1. The van der Waals surface area contributed by atoms with Gasteiger partial charge in [0.05, 0.1) is 10.6 Å². The molecule has 0 aliphatic rings. The zero-order chi connectivity index (χ0) is 21.8. The second kappa shape index (κ2) is 8.62. The lowest BCUT2D eigenvalue weighted by atomic mass is 9.87. The molecule has 1 amide bonds. The normalized spacial score (nSPS) is 11.7. The number of carbonyl (C=O) groups is 1. The predicted octanol–water partition coefficient (Wildman–Crippen LogP) is 3.47. The van der Waals surface area contributed by atoms with Crippen LogP contribution in [0.25, 0.3) is 0 Å². The molecule has 2 aromatic heterocycles. The molecule has 0 saturated carbocycles. The zero-order valence-electron chi connectivity index (χ0n) is 17.0. The van der Waals surface area contributed by atoms with Gasteiger partial charge in [0, 0.05) is 12.4 Å². The Kier molecular flexibility index (Phi) is 6.17. The summed E-state index contributed by atoms with van der Waals surface area (Å²) in [5.41, 5.74) is 1.18. The van der Waals surface area contributed by atoms with Crippen molar-refractivity contribution in [3.8, 4) is 5.88 Å². The minimum atomic E-state index is -4.04. The summed E-state index contributed by atoms with van der Waals surface area (Å²) in [7, 11) is -4.04. The highest BCUT2D eigenvalue weighted by molar-refractivity contribution is 7.90. The Morgan fingerprint density at radius 1 is 1.03 bits per heavy atom. The summed E-state index contributed by atoms with van der Waals surface area (Å²) in [6.45, 7) is 6.01. The molecule has 8 heteroatoms. The third-order valence-electron chi connectivity index (χ3n) is 4.33. The van der Waals surface area contributed by atoms with Crippen molar-refractivity contribution in [2.75, 3.05) is 0 Å². The molecule has 3 aromatic rings. The average molecular weight is 426 g/mol. The first-order valence-electron chi connectivity index (χ1n) is 9.32. The molecule has 0 spiro atoms. The zero-order valence-corrected chi connectivity index (χ0v) is 17.8. The number of hydrogen-bond donors (Lipinski definition) is 1. The maximum atomic E-state index is 12.9. The van der Waals surface area contributed by atoms with Crippen molar-refractivity contribution >= 4 is 15.9 Å². The molecule has 0 fully saturated rings. The fourth-order valence-electron chi connectivity index (χ4n) is 2.60. The SMILES string of the molecule is CC(C)(C)c1cnc(OCc2ccccn2)c(C(=O)NS(=O)(=O)c2ccccc2)c1. The lowest BCUT2D eigenvalue weighted by Crippen LogP contribution is -2.31. The smallest absolute Gasteiger partial charge is 0.270 e. The third-order valence-corrected chi connectivity index (χ3v) is 5.67. The van der Waals surface area contributed by atoms with Gasteiger partial charge in [-0.1, -0.05) is 45.0 Å². The molecule has 0 atom stereocenters. The minimum absolute atomic E-state index is 0.00533. The van der Waals surface area contributed by atoms with Gasteiger partial charge < -0.3 is 4.74 Å². The molecule has 0 aliphatic heterocycles. The van der Waals surface area contributed by atoms with Crippen molar-refractivity contribution in [2.24, 2.45) is 0 Å². The van der Waals surface area contributed by atoms with E-state index < -0.39 is 15.9 Å². The van der Waals surface area contributed by atoms with Gasteiger partial charge in [-0.3, -0.25) is 9.78 Å². The number of carbonyl (C=O) groups excluding carboxylic acids is 1. The van der Waals surface area contributed by atoms with Crippen LogP contribution in [0.1, 0.15) is 42.4 Å². The standard InChI is InChI=1S/C22H23N3O4S/c1-22(2,3)16-13-19(20(26)25-30(27,28)18-10-5-4-6-11-18)21(24-14-16)29-15-17-9-7-8-12-23-17/h4-14H,15H2,1-3H3,(H,25,26). The van der Waals surface area contributed by atoms with Crippen LogP contribution in [0.2, 0.25) is 0 Å². The van der Waals surface area contributed by atoms with Crippen molar-refractivity contribution < 1.29 is 17.9 Å². The first kappa shape index (κ1) is 21.4. The number of aromatic nitrogens is 2. The van der Waals surface area contributed by atoms with E-state index in [-0.39, 0.29) is 28.4 Å². The maximum Gasteiger partial charge on any atom is 0.270 e. The molecule has 0 saturated heterocycles. The Morgan fingerprint density at radius 3 is 2.37 bits per heavy atom. The molecular weight excluding hydrogens is 402 g/mol. The number of benzene rings is 1. The van der Waals surface area contributed by atoms with E-state index in [9.17, 15) is 13.2 Å². The summed E-state index contributed by atoms with van der Waals surface area (Å²) < 4.78 is 33.0. The van der Waals surface area contributed by atoms with Crippen molar-refractivity contribution in [3.05, 3.63) is 83.8 Å². The maximum absolute atomic E-state index is 12.9. The molecule has 1 N–H and O–H groups in total. The van der Waals surface area contributed by atoms with E-state index in [1.165, 1.54) is 12.1 Å². The number of rotatable bonds is 6. The fraction of sp³-hybridized carbons (Fsp3) is 0.227. The fourth-order valence-corrected chi connectivity index (χ4v) is 3.59. The number of pyridine rings is 2. The van der Waals surface area contributed by atoms with Crippen LogP contribution in [0.4, 0.5) is 0 Å². The van der Waals surface area contributed by atoms with Crippen molar-refractivity contribution in [1.82, 2.24) is 14.7 Å². The average Bonchev–Trinajstić information content (AvgIpc) is 2.72. The number of hydrogen-bond acceptors (Lipinski definition) is 6. The van der Waals surface area contributed by atoms with E-state index in [2.05, 4.69) is 14.7 Å². The molecule has 0 bridgehead atoms. The van der Waals surface area contributed by atoms with E-state index in [1.54, 1.807) is 48.8 Å². The quantitative estimate of drug-likeness (QED) is 0.649. The monoisotopic (exact) mass is 425 g/mol. The van der Waals surface area contributed by atoms with Crippen LogP contribution < -0.4 is 9.46 Å². The van der Waals surface area contributed by atoms with E-state index in [0.717, 1.165) is 5.56 Å². The molecule has 7 nitrogen and oxygen atoms in total. The molecule has 2 heterocycles. The van der Waals surface area contributed by atoms with E-state index in [1.807, 2.05) is 26.8 Å². The summed E-state index contributed by atoms with van der Waals surface area (Å²) in [6.07, 6.45) is 3.26. The van der Waals surface area contributed by atoms with Crippen LogP contribution in [0, 0.1) is 0 Å². The molecule has 0 unspecified atom stereocenters. The Hall–Kier alpha value is -3.26. The van der Waals surface area contributed by atoms with Crippen LogP contribution in [-0.2, 0) is 22.0 Å². The Balaban J connectivity index is 1.92. The van der Waals surface area contributed by atoms with Gasteiger partial charge in [0.1, 0.15) is 12.2 Å². The minimum Gasteiger partial charge on any atom is -0.471 e.